The maximum atomic E-state index is 11.1. The van der Waals surface area contributed by atoms with E-state index in [1.54, 1.807) is 6.92 Å². The van der Waals surface area contributed by atoms with Gasteiger partial charge in [-0.1, -0.05) is 12.7 Å². The maximum Gasteiger partial charge on any atom is 0.407 e. The number of nitrogens with one attached hydrogen (secondary N) is 1. The average molecular weight is 231 g/mol. The molecule has 0 heterocycles. The summed E-state index contributed by atoms with van der Waals surface area (Å²) >= 11 is 0. The quantitative estimate of drug-likeness (QED) is 0.483. The molecule has 0 aromatic carbocycles. The zero-order chi connectivity index (χ0) is 12.4. The zero-order valence-electron chi connectivity index (χ0n) is 9.27. The van der Waals surface area contributed by atoms with Gasteiger partial charge in [0.15, 0.2) is 0 Å². The second kappa shape index (κ2) is 8.72. The van der Waals surface area contributed by atoms with Gasteiger partial charge in [-0.25, -0.2) is 4.79 Å². The molecule has 6 nitrogen and oxygen atoms in total. The van der Waals surface area contributed by atoms with Crippen molar-refractivity contribution in [1.29, 1.82) is 0 Å². The lowest BCUT2D eigenvalue weighted by molar-refractivity contribution is -0.143. The summed E-state index contributed by atoms with van der Waals surface area (Å²) in [6.07, 6.45) is 0.620. The van der Waals surface area contributed by atoms with Crippen LogP contribution >= 0.6 is 0 Å². The first-order chi connectivity index (χ1) is 7.63. The fraction of sp³-hybridized carbons (Fsp3) is 0.600. The standard InChI is InChI=1S/C10H17NO5/c1-3-5-16-10(14)11-8(7-12)6-9(13)15-4-2/h3,8,12H,1,4-7H2,2H3,(H,11,14)/t8-/m1/s1. The van der Waals surface area contributed by atoms with E-state index in [9.17, 15) is 9.59 Å². The van der Waals surface area contributed by atoms with Crippen LogP contribution in [0.15, 0.2) is 12.7 Å². The highest BCUT2D eigenvalue weighted by atomic mass is 16.5. The van der Waals surface area contributed by atoms with Crippen molar-refractivity contribution in [1.82, 2.24) is 5.32 Å². The van der Waals surface area contributed by atoms with Gasteiger partial charge in [-0.15, -0.1) is 0 Å². The maximum absolute atomic E-state index is 11.1. The van der Waals surface area contributed by atoms with E-state index in [1.807, 2.05) is 0 Å². The number of aliphatic hydroxyl groups is 1. The number of rotatable bonds is 7. The van der Waals surface area contributed by atoms with E-state index in [-0.39, 0.29) is 26.2 Å². The first-order valence-electron chi connectivity index (χ1n) is 4.94. The van der Waals surface area contributed by atoms with Crippen LogP contribution in [0.25, 0.3) is 0 Å². The molecular weight excluding hydrogens is 214 g/mol. The molecule has 0 fully saturated rings. The Morgan fingerprint density at radius 3 is 2.69 bits per heavy atom. The van der Waals surface area contributed by atoms with E-state index < -0.39 is 18.1 Å². The van der Waals surface area contributed by atoms with Crippen LogP contribution in [0, 0.1) is 0 Å². The average Bonchev–Trinajstić information content (AvgIpc) is 2.25. The highest BCUT2D eigenvalue weighted by Gasteiger charge is 2.16. The Kier molecular flexibility index (Phi) is 7.87. The first-order valence-corrected chi connectivity index (χ1v) is 4.94. The Morgan fingerprint density at radius 1 is 1.50 bits per heavy atom. The Morgan fingerprint density at radius 2 is 2.19 bits per heavy atom. The molecule has 6 heteroatoms. The van der Waals surface area contributed by atoms with Gasteiger partial charge < -0.3 is 19.9 Å². The van der Waals surface area contributed by atoms with Crippen molar-refractivity contribution in [2.45, 2.75) is 19.4 Å². The fourth-order valence-corrected chi connectivity index (χ4v) is 0.925. The van der Waals surface area contributed by atoms with Gasteiger partial charge >= 0.3 is 12.1 Å². The van der Waals surface area contributed by atoms with E-state index in [4.69, 9.17) is 5.11 Å². The summed E-state index contributed by atoms with van der Waals surface area (Å²) in [6, 6.07) is -0.698. The highest BCUT2D eigenvalue weighted by molar-refractivity contribution is 5.72. The molecular formula is C10H17NO5. The van der Waals surface area contributed by atoms with Gasteiger partial charge in [-0.3, -0.25) is 4.79 Å². The molecule has 0 aliphatic carbocycles. The van der Waals surface area contributed by atoms with Gasteiger partial charge in [0.25, 0.3) is 0 Å². The van der Waals surface area contributed by atoms with Gasteiger partial charge in [0.1, 0.15) is 6.61 Å². The van der Waals surface area contributed by atoms with Crippen LogP contribution in [-0.4, -0.2) is 43.0 Å². The Balaban J connectivity index is 3.94. The summed E-state index contributed by atoms with van der Waals surface area (Å²) < 4.78 is 9.31. The summed E-state index contributed by atoms with van der Waals surface area (Å²) in [5.74, 6) is -0.481. The van der Waals surface area contributed by atoms with Gasteiger partial charge in [-0.2, -0.15) is 0 Å². The molecule has 0 unspecified atom stereocenters. The summed E-state index contributed by atoms with van der Waals surface area (Å²) in [4.78, 5) is 22.1. The molecule has 0 radical (unpaired) electrons. The molecule has 0 aliphatic heterocycles. The van der Waals surface area contributed by atoms with Crippen LogP contribution in [0.1, 0.15) is 13.3 Å². The van der Waals surface area contributed by atoms with Crippen molar-refractivity contribution < 1.29 is 24.2 Å². The van der Waals surface area contributed by atoms with Gasteiger partial charge in [0.05, 0.1) is 25.7 Å². The number of carbonyl (C=O) groups is 2. The van der Waals surface area contributed by atoms with E-state index in [1.165, 1.54) is 6.08 Å². The van der Waals surface area contributed by atoms with Crippen molar-refractivity contribution in [3.05, 3.63) is 12.7 Å². The smallest absolute Gasteiger partial charge is 0.407 e. The minimum Gasteiger partial charge on any atom is -0.466 e. The first kappa shape index (κ1) is 14.4. The highest BCUT2D eigenvalue weighted by Crippen LogP contribution is 1.95. The largest absolute Gasteiger partial charge is 0.466 e. The molecule has 0 spiro atoms. The van der Waals surface area contributed by atoms with E-state index in [2.05, 4.69) is 21.4 Å². The Bertz CT molecular complexity index is 241. The van der Waals surface area contributed by atoms with Crippen molar-refractivity contribution in [2.24, 2.45) is 0 Å². The molecule has 1 amide bonds. The predicted octanol–water partition coefficient (Wildman–Crippen LogP) is 0.213. The normalized spacial score (nSPS) is 11.4. The monoisotopic (exact) mass is 231 g/mol. The number of amides is 1. The van der Waals surface area contributed by atoms with E-state index in [0.717, 1.165) is 0 Å². The topological polar surface area (TPSA) is 84.9 Å². The third-order valence-electron chi connectivity index (χ3n) is 1.59. The third kappa shape index (κ3) is 6.83. The number of carbonyl (C=O) groups excluding carboxylic acids is 2. The molecule has 0 saturated heterocycles. The SMILES string of the molecule is C=CCOC(=O)N[C@@H](CO)CC(=O)OCC. The van der Waals surface area contributed by atoms with Crippen LogP contribution in [-0.2, 0) is 14.3 Å². The van der Waals surface area contributed by atoms with Gasteiger partial charge in [0.2, 0.25) is 0 Å². The number of hydrogen-bond donors (Lipinski definition) is 2. The van der Waals surface area contributed by atoms with Crippen molar-refractivity contribution in [3.8, 4) is 0 Å². The van der Waals surface area contributed by atoms with E-state index >= 15 is 0 Å². The molecule has 0 aromatic heterocycles. The van der Waals surface area contributed by atoms with Crippen LogP contribution in [0.4, 0.5) is 4.79 Å². The lowest BCUT2D eigenvalue weighted by Gasteiger charge is -2.14. The van der Waals surface area contributed by atoms with Crippen LogP contribution < -0.4 is 5.32 Å². The summed E-state index contributed by atoms with van der Waals surface area (Å²) in [5.41, 5.74) is 0. The molecule has 0 aromatic rings. The molecule has 0 bridgehead atoms. The molecule has 1 atom stereocenters. The lowest BCUT2D eigenvalue weighted by atomic mass is 10.2. The zero-order valence-corrected chi connectivity index (χ0v) is 9.27. The van der Waals surface area contributed by atoms with Crippen molar-refractivity contribution >= 4 is 12.1 Å². The van der Waals surface area contributed by atoms with Crippen LogP contribution in [0.3, 0.4) is 0 Å². The number of ether oxygens (including phenoxy) is 2. The van der Waals surface area contributed by atoms with Crippen LogP contribution in [0.5, 0.6) is 0 Å². The summed E-state index contributed by atoms with van der Waals surface area (Å²) in [5, 5.41) is 11.3. The minimum absolute atomic E-state index is 0.0728. The molecule has 0 aliphatic rings. The Hall–Kier alpha value is -1.56. The number of aliphatic hydroxyl groups excluding tert-OH is 1. The van der Waals surface area contributed by atoms with E-state index in [0.29, 0.717) is 0 Å². The fourth-order valence-electron chi connectivity index (χ4n) is 0.925. The third-order valence-corrected chi connectivity index (χ3v) is 1.59. The number of hydrogen-bond acceptors (Lipinski definition) is 5. The number of esters is 1. The molecule has 0 rings (SSSR count). The second-order valence-corrected chi connectivity index (χ2v) is 2.92. The van der Waals surface area contributed by atoms with Crippen molar-refractivity contribution in [3.63, 3.8) is 0 Å². The Labute approximate surface area is 94.2 Å². The summed E-state index contributed by atoms with van der Waals surface area (Å²) in [7, 11) is 0. The predicted molar refractivity (Wildman–Crippen MR) is 56.8 cm³/mol. The molecule has 0 saturated carbocycles. The minimum atomic E-state index is -0.705. The molecule has 2 N–H and O–H groups in total. The van der Waals surface area contributed by atoms with Gasteiger partial charge in [0, 0.05) is 0 Å². The summed E-state index contributed by atoms with van der Waals surface area (Å²) in [6.45, 7) is 5.03. The van der Waals surface area contributed by atoms with Gasteiger partial charge in [-0.05, 0) is 6.92 Å². The van der Waals surface area contributed by atoms with Crippen LogP contribution in [0.2, 0.25) is 0 Å². The van der Waals surface area contributed by atoms with Crippen molar-refractivity contribution in [2.75, 3.05) is 19.8 Å². The lowest BCUT2D eigenvalue weighted by Crippen LogP contribution is -2.39. The molecule has 92 valence electrons. The number of alkyl carbamates (subject to hydrolysis) is 1. The molecule has 16 heavy (non-hydrogen) atoms. The second-order valence-electron chi connectivity index (χ2n) is 2.92.